The van der Waals surface area contributed by atoms with Gasteiger partial charge in [0, 0.05) is 38.5 Å². The first-order chi connectivity index (χ1) is 15.1. The van der Waals surface area contributed by atoms with Crippen LogP contribution < -0.4 is 0 Å². The normalized spacial score (nSPS) is 32.5. The number of thioether (sulfide) groups is 2. The van der Waals surface area contributed by atoms with Gasteiger partial charge in [0.1, 0.15) is 10.5 Å². The minimum Gasteiger partial charge on any atom is -0.464 e. The smallest absolute Gasteiger partial charge is 0.135 e. The molecule has 1 aromatic heterocycles. The predicted molar refractivity (Wildman–Crippen MR) is 134 cm³/mol. The Morgan fingerprint density at radius 3 is 2.84 bits per heavy atom. The Labute approximate surface area is 189 Å². The minimum absolute atomic E-state index is 0.0853. The van der Waals surface area contributed by atoms with Gasteiger partial charge in [0.05, 0.1) is 6.26 Å². The second kappa shape index (κ2) is 6.08. The topological polar surface area (TPSA) is 25.5 Å². The van der Waals surface area contributed by atoms with Crippen LogP contribution in [0.4, 0.5) is 0 Å². The number of aliphatic imine (C=N–C) groups is 1. The molecule has 2 aromatic carbocycles. The number of benzene rings is 2. The van der Waals surface area contributed by atoms with Crippen molar-refractivity contribution in [1.82, 2.24) is 0 Å². The molecule has 0 fully saturated rings. The standard InChI is InChI=1S/C27H21NOS2/c1-26-11-4-3-6-21(26)20(15-30-26)19-14-23-18(10-13-29-23)24-16(19)8-9-17-22-7-5-12-28-27(22,2)31-25(17)24/h3-15,21-22H,1-2H3. The van der Waals surface area contributed by atoms with E-state index in [0.29, 0.717) is 11.8 Å². The molecule has 0 saturated carbocycles. The molecule has 4 heteroatoms. The number of hydrogen-bond acceptors (Lipinski definition) is 4. The maximum Gasteiger partial charge on any atom is 0.135 e. The lowest BCUT2D eigenvalue weighted by molar-refractivity contribution is 0.615. The lowest BCUT2D eigenvalue weighted by Gasteiger charge is -2.29. The van der Waals surface area contributed by atoms with Crippen LogP contribution >= 0.6 is 23.5 Å². The zero-order chi connectivity index (χ0) is 20.8. The van der Waals surface area contributed by atoms with E-state index in [2.05, 4.69) is 80.0 Å². The Kier molecular flexibility index (Phi) is 3.57. The second-order valence-corrected chi connectivity index (χ2v) is 11.8. The molecule has 4 atom stereocenters. The Morgan fingerprint density at radius 1 is 1.00 bits per heavy atom. The Hall–Kier alpha value is -2.43. The van der Waals surface area contributed by atoms with E-state index in [1.807, 2.05) is 36.0 Å². The molecule has 4 unspecified atom stereocenters. The molecule has 7 rings (SSSR count). The van der Waals surface area contributed by atoms with Gasteiger partial charge in [0.15, 0.2) is 0 Å². The fraction of sp³-hybridized carbons (Fsp3) is 0.222. The van der Waals surface area contributed by atoms with E-state index in [1.165, 1.54) is 37.8 Å². The van der Waals surface area contributed by atoms with Crippen molar-refractivity contribution in [2.24, 2.45) is 10.9 Å². The molecule has 2 nitrogen and oxygen atoms in total. The lowest BCUT2D eigenvalue weighted by atomic mass is 9.79. The van der Waals surface area contributed by atoms with Crippen molar-refractivity contribution in [3.63, 3.8) is 0 Å². The first kappa shape index (κ1) is 18.2. The first-order valence-corrected chi connectivity index (χ1v) is 12.4. The van der Waals surface area contributed by atoms with Crippen LogP contribution in [0.25, 0.3) is 27.3 Å². The Morgan fingerprint density at radius 2 is 1.90 bits per heavy atom. The zero-order valence-corrected chi connectivity index (χ0v) is 19.0. The van der Waals surface area contributed by atoms with Crippen LogP contribution in [0.15, 0.2) is 86.7 Å². The molecule has 0 amide bonds. The van der Waals surface area contributed by atoms with Gasteiger partial charge in [-0.1, -0.05) is 54.3 Å². The van der Waals surface area contributed by atoms with Crippen molar-refractivity contribution in [2.75, 3.05) is 0 Å². The van der Waals surface area contributed by atoms with Crippen molar-refractivity contribution < 1.29 is 4.42 Å². The molecule has 3 aliphatic heterocycles. The van der Waals surface area contributed by atoms with E-state index >= 15 is 0 Å². The summed E-state index contributed by atoms with van der Waals surface area (Å²) in [5.41, 5.74) is 5.03. The van der Waals surface area contributed by atoms with Gasteiger partial charge >= 0.3 is 0 Å². The lowest BCUT2D eigenvalue weighted by Crippen LogP contribution is -2.25. The molecular formula is C27H21NOS2. The second-order valence-electron chi connectivity index (χ2n) is 9.06. The molecule has 0 bridgehead atoms. The maximum atomic E-state index is 5.97. The van der Waals surface area contributed by atoms with Crippen LogP contribution in [0.1, 0.15) is 30.9 Å². The van der Waals surface area contributed by atoms with E-state index in [4.69, 9.17) is 9.41 Å². The van der Waals surface area contributed by atoms with Gasteiger partial charge in [-0.05, 0) is 59.6 Å². The highest BCUT2D eigenvalue weighted by Gasteiger charge is 2.44. The summed E-state index contributed by atoms with van der Waals surface area (Å²) in [5.74, 6) is 0.676. The summed E-state index contributed by atoms with van der Waals surface area (Å²) in [4.78, 5) is 6.06. The molecule has 0 saturated heterocycles. The molecule has 0 N–H and O–H groups in total. The number of furan rings is 1. The fourth-order valence-corrected chi connectivity index (χ4v) is 8.23. The molecular weight excluding hydrogens is 418 g/mol. The highest BCUT2D eigenvalue weighted by molar-refractivity contribution is 8.04. The summed E-state index contributed by atoms with van der Waals surface area (Å²) in [7, 11) is 0. The van der Waals surface area contributed by atoms with E-state index in [0.717, 1.165) is 5.58 Å². The van der Waals surface area contributed by atoms with Gasteiger partial charge < -0.3 is 4.42 Å². The summed E-state index contributed by atoms with van der Waals surface area (Å²) in [6.45, 7) is 4.59. The average Bonchev–Trinajstić information content (AvgIpc) is 3.45. The number of nitrogens with zero attached hydrogens (tertiary/aromatic N) is 1. The number of allylic oxidation sites excluding steroid dienone is 5. The largest absolute Gasteiger partial charge is 0.464 e. The van der Waals surface area contributed by atoms with Crippen LogP contribution in [0, 0.1) is 5.92 Å². The van der Waals surface area contributed by atoms with E-state index in [-0.39, 0.29) is 9.62 Å². The summed E-state index contributed by atoms with van der Waals surface area (Å²) in [5, 5.41) is 6.20. The van der Waals surface area contributed by atoms with Crippen molar-refractivity contribution in [1.29, 1.82) is 0 Å². The summed E-state index contributed by atoms with van der Waals surface area (Å²) >= 11 is 3.83. The van der Waals surface area contributed by atoms with E-state index in [1.54, 1.807) is 0 Å². The van der Waals surface area contributed by atoms with Gasteiger partial charge in [0.2, 0.25) is 0 Å². The fourth-order valence-electron chi connectivity index (χ4n) is 5.57. The summed E-state index contributed by atoms with van der Waals surface area (Å²) < 4.78 is 6.06. The molecule has 0 radical (unpaired) electrons. The third kappa shape index (κ3) is 2.35. The van der Waals surface area contributed by atoms with E-state index in [9.17, 15) is 0 Å². The van der Waals surface area contributed by atoms with Crippen LogP contribution in [-0.4, -0.2) is 15.8 Å². The summed E-state index contributed by atoms with van der Waals surface area (Å²) in [6.07, 6.45) is 17.2. The third-order valence-corrected chi connectivity index (χ3v) is 9.89. The number of dihydropyridines is 1. The monoisotopic (exact) mass is 439 g/mol. The molecule has 0 spiro atoms. The van der Waals surface area contributed by atoms with Crippen molar-refractivity contribution in [2.45, 2.75) is 34.3 Å². The number of hydrogen-bond donors (Lipinski definition) is 0. The molecule has 31 heavy (non-hydrogen) atoms. The quantitative estimate of drug-likeness (QED) is 0.388. The minimum atomic E-state index is -0.171. The molecule has 4 aliphatic rings. The predicted octanol–water partition coefficient (Wildman–Crippen LogP) is 7.72. The van der Waals surface area contributed by atoms with Gasteiger partial charge in [0.25, 0.3) is 0 Å². The first-order valence-electron chi connectivity index (χ1n) is 10.7. The molecule has 152 valence electrons. The Balaban J connectivity index is 1.52. The van der Waals surface area contributed by atoms with Crippen LogP contribution in [0.3, 0.4) is 0 Å². The highest BCUT2D eigenvalue weighted by Crippen LogP contribution is 2.59. The average molecular weight is 440 g/mol. The van der Waals surface area contributed by atoms with Crippen LogP contribution in [0.5, 0.6) is 0 Å². The number of rotatable bonds is 1. The third-order valence-electron chi connectivity index (χ3n) is 7.20. The van der Waals surface area contributed by atoms with Crippen molar-refractivity contribution in [3.05, 3.63) is 83.5 Å². The Bertz CT molecular complexity index is 1440. The van der Waals surface area contributed by atoms with Gasteiger partial charge in [-0.3, -0.25) is 4.99 Å². The zero-order valence-electron chi connectivity index (χ0n) is 17.3. The van der Waals surface area contributed by atoms with Gasteiger partial charge in [-0.25, -0.2) is 0 Å². The van der Waals surface area contributed by atoms with Crippen LogP contribution in [-0.2, 0) is 0 Å². The summed E-state index contributed by atoms with van der Waals surface area (Å²) in [6, 6.07) is 9.04. The molecule has 1 aliphatic carbocycles. The SMILES string of the molecule is CC12C=CC=CC1C(c1cc3occc3c3c4c(ccc13)C1C=CC=NC1(C)S4)=CS2. The molecule has 4 heterocycles. The van der Waals surface area contributed by atoms with Gasteiger partial charge in [-0.15, -0.1) is 11.8 Å². The molecule has 3 aromatic rings. The van der Waals surface area contributed by atoms with E-state index < -0.39 is 0 Å². The van der Waals surface area contributed by atoms with Crippen molar-refractivity contribution >= 4 is 57.1 Å². The van der Waals surface area contributed by atoms with Gasteiger partial charge in [-0.2, -0.15) is 0 Å². The van der Waals surface area contributed by atoms with Crippen molar-refractivity contribution in [3.8, 4) is 0 Å². The highest BCUT2D eigenvalue weighted by atomic mass is 32.2. The maximum absolute atomic E-state index is 5.97. The number of fused-ring (bicyclic) bond motifs is 8. The van der Waals surface area contributed by atoms with Crippen LogP contribution in [0.2, 0.25) is 0 Å².